The van der Waals surface area contributed by atoms with E-state index in [0.29, 0.717) is 10.6 Å². The molecule has 0 aliphatic rings. The summed E-state index contributed by atoms with van der Waals surface area (Å²) < 4.78 is -2.02. The maximum atomic E-state index is 11.7. The summed E-state index contributed by atoms with van der Waals surface area (Å²) in [5.74, 6) is -0.685. The molecule has 0 bridgehead atoms. The van der Waals surface area contributed by atoms with Crippen LogP contribution in [-0.4, -0.2) is 9.58 Å². The number of nitrogen functional groups attached to an aromatic ring is 1. The van der Waals surface area contributed by atoms with Crippen LogP contribution in [0, 0.1) is 6.92 Å². The van der Waals surface area contributed by atoms with Gasteiger partial charge in [0.15, 0.2) is 0 Å². The first kappa shape index (κ1) is 12.9. The van der Waals surface area contributed by atoms with Gasteiger partial charge in [-0.15, -0.1) is 0 Å². The van der Waals surface area contributed by atoms with Crippen LogP contribution in [0.1, 0.15) is 15.9 Å². The molecule has 0 aliphatic heterocycles. The first-order valence-corrected chi connectivity index (χ1v) is 5.42. The number of carbonyl (C=O) groups excluding carboxylic acids is 1. The Morgan fingerprint density at radius 3 is 2.33 bits per heavy atom. The van der Waals surface area contributed by atoms with E-state index in [1.54, 1.807) is 13.0 Å². The van der Waals surface area contributed by atoms with Crippen LogP contribution in [0.4, 0.5) is 5.69 Å². The van der Waals surface area contributed by atoms with E-state index in [2.05, 4.69) is 0 Å². The van der Waals surface area contributed by atoms with Crippen molar-refractivity contribution in [3.63, 3.8) is 0 Å². The summed E-state index contributed by atoms with van der Waals surface area (Å²) in [5.41, 5.74) is 6.76. The van der Waals surface area contributed by atoms with E-state index >= 15 is 0 Å². The standard InChI is InChI=1S/C9H7Cl4NO/c1-4-2-5(10)3-6(7(4)14)8(15)9(11,12)13/h2-3H,14H2,1H3. The lowest BCUT2D eigenvalue weighted by Crippen LogP contribution is -2.20. The number of benzene rings is 1. The third-order valence-electron chi connectivity index (χ3n) is 1.85. The van der Waals surface area contributed by atoms with Crippen molar-refractivity contribution in [2.45, 2.75) is 10.7 Å². The molecule has 0 radical (unpaired) electrons. The number of aryl methyl sites for hydroxylation is 1. The largest absolute Gasteiger partial charge is 0.398 e. The van der Waals surface area contributed by atoms with Gasteiger partial charge in [-0.1, -0.05) is 46.4 Å². The molecule has 1 rings (SSSR count). The second kappa shape index (κ2) is 4.38. The van der Waals surface area contributed by atoms with E-state index in [0.717, 1.165) is 0 Å². The van der Waals surface area contributed by atoms with E-state index in [1.165, 1.54) is 6.07 Å². The van der Waals surface area contributed by atoms with Crippen LogP contribution >= 0.6 is 46.4 Å². The van der Waals surface area contributed by atoms with Crippen molar-refractivity contribution in [3.05, 3.63) is 28.3 Å². The zero-order chi connectivity index (χ0) is 11.8. The molecule has 2 N–H and O–H groups in total. The van der Waals surface area contributed by atoms with Crippen molar-refractivity contribution in [2.24, 2.45) is 0 Å². The summed E-state index contributed by atoms with van der Waals surface area (Å²) in [6.45, 7) is 1.72. The van der Waals surface area contributed by atoms with Gasteiger partial charge in [-0.25, -0.2) is 0 Å². The van der Waals surface area contributed by atoms with Crippen molar-refractivity contribution in [2.75, 3.05) is 5.73 Å². The summed E-state index contributed by atoms with van der Waals surface area (Å²) in [7, 11) is 0. The van der Waals surface area contributed by atoms with Gasteiger partial charge in [-0.3, -0.25) is 4.79 Å². The molecule has 82 valence electrons. The number of ketones is 1. The summed E-state index contributed by atoms with van der Waals surface area (Å²) in [6, 6.07) is 3.01. The fourth-order valence-corrected chi connectivity index (χ4v) is 1.67. The van der Waals surface area contributed by atoms with Crippen molar-refractivity contribution in [1.29, 1.82) is 0 Å². The van der Waals surface area contributed by atoms with E-state index in [1.807, 2.05) is 0 Å². The van der Waals surface area contributed by atoms with Gasteiger partial charge in [-0.2, -0.15) is 0 Å². The Balaban J connectivity index is 3.32. The van der Waals surface area contributed by atoms with Crippen molar-refractivity contribution >= 4 is 57.9 Å². The van der Waals surface area contributed by atoms with Crippen LogP contribution in [0.15, 0.2) is 12.1 Å². The van der Waals surface area contributed by atoms with Gasteiger partial charge >= 0.3 is 0 Å². The van der Waals surface area contributed by atoms with Crippen LogP contribution in [0.5, 0.6) is 0 Å². The zero-order valence-electron chi connectivity index (χ0n) is 7.65. The number of rotatable bonds is 1. The summed E-state index contributed by atoms with van der Waals surface area (Å²) >= 11 is 22.2. The molecule has 1 aromatic carbocycles. The molecule has 0 fully saturated rings. The van der Waals surface area contributed by atoms with E-state index in [4.69, 9.17) is 52.1 Å². The molecule has 6 heteroatoms. The molecule has 0 saturated heterocycles. The second-order valence-electron chi connectivity index (χ2n) is 3.01. The fraction of sp³-hybridized carbons (Fsp3) is 0.222. The van der Waals surface area contributed by atoms with Crippen molar-refractivity contribution in [3.8, 4) is 0 Å². The number of Topliss-reactive ketones (excluding diaryl/α,β-unsaturated/α-hetero) is 1. The molecule has 0 unspecified atom stereocenters. The quantitative estimate of drug-likeness (QED) is 0.485. The predicted molar refractivity (Wildman–Crippen MR) is 65.2 cm³/mol. The third-order valence-corrected chi connectivity index (χ3v) is 2.59. The normalized spacial score (nSPS) is 11.5. The maximum Gasteiger partial charge on any atom is 0.253 e. The Morgan fingerprint density at radius 2 is 1.87 bits per heavy atom. The SMILES string of the molecule is Cc1cc(Cl)cc(C(=O)C(Cl)(Cl)Cl)c1N. The number of carbonyl (C=O) groups is 1. The van der Waals surface area contributed by atoms with Gasteiger partial charge in [0.1, 0.15) is 0 Å². The Kier molecular flexibility index (Phi) is 3.77. The van der Waals surface area contributed by atoms with E-state index < -0.39 is 9.58 Å². The van der Waals surface area contributed by atoms with E-state index in [-0.39, 0.29) is 11.3 Å². The van der Waals surface area contributed by atoms with Gasteiger partial charge in [0.2, 0.25) is 5.78 Å². The highest BCUT2D eigenvalue weighted by Crippen LogP contribution is 2.34. The van der Waals surface area contributed by atoms with E-state index in [9.17, 15) is 4.79 Å². The summed E-state index contributed by atoms with van der Waals surface area (Å²) in [5, 5.41) is 0.374. The number of hydrogen-bond acceptors (Lipinski definition) is 2. The van der Waals surface area contributed by atoms with Crippen LogP contribution in [0.3, 0.4) is 0 Å². The number of halogens is 4. The van der Waals surface area contributed by atoms with Gasteiger partial charge in [0.05, 0.1) is 0 Å². The second-order valence-corrected chi connectivity index (χ2v) is 5.73. The minimum atomic E-state index is -2.02. The highest BCUT2D eigenvalue weighted by molar-refractivity contribution is 6.77. The first-order chi connectivity index (χ1) is 6.73. The Labute approximate surface area is 107 Å². The Hall–Kier alpha value is -0.150. The maximum absolute atomic E-state index is 11.7. The van der Waals surface area contributed by atoms with Gasteiger partial charge < -0.3 is 5.73 Å². The van der Waals surface area contributed by atoms with Crippen LogP contribution in [0.2, 0.25) is 5.02 Å². The van der Waals surface area contributed by atoms with Crippen LogP contribution in [0.25, 0.3) is 0 Å². The average Bonchev–Trinajstić information content (AvgIpc) is 2.08. The molecule has 15 heavy (non-hydrogen) atoms. The lowest BCUT2D eigenvalue weighted by atomic mass is 10.1. The number of anilines is 1. The summed E-state index contributed by atoms with van der Waals surface area (Å²) in [6.07, 6.45) is 0. The minimum absolute atomic E-state index is 0.125. The van der Waals surface area contributed by atoms with Crippen molar-refractivity contribution in [1.82, 2.24) is 0 Å². The lowest BCUT2D eigenvalue weighted by molar-refractivity contribution is 0.0997. The topological polar surface area (TPSA) is 43.1 Å². The third kappa shape index (κ3) is 2.91. The van der Waals surface area contributed by atoms with Crippen molar-refractivity contribution < 1.29 is 4.79 Å². The molecule has 1 aromatic rings. The van der Waals surface area contributed by atoms with Gasteiger partial charge in [0.25, 0.3) is 3.79 Å². The van der Waals surface area contributed by atoms with Gasteiger partial charge in [-0.05, 0) is 24.6 Å². The minimum Gasteiger partial charge on any atom is -0.398 e. The number of nitrogens with two attached hydrogens (primary N) is 1. The molecular weight excluding hydrogens is 280 g/mol. The summed E-state index contributed by atoms with van der Waals surface area (Å²) in [4.78, 5) is 11.7. The molecular formula is C9H7Cl4NO. The Bertz CT molecular complexity index is 411. The first-order valence-electron chi connectivity index (χ1n) is 3.90. The highest BCUT2D eigenvalue weighted by atomic mass is 35.6. The molecule has 0 heterocycles. The molecule has 0 atom stereocenters. The van der Waals surface area contributed by atoms with Crippen LogP contribution in [-0.2, 0) is 0 Å². The number of hydrogen-bond donors (Lipinski definition) is 1. The monoisotopic (exact) mass is 285 g/mol. The zero-order valence-corrected chi connectivity index (χ0v) is 10.7. The Morgan fingerprint density at radius 1 is 1.33 bits per heavy atom. The molecule has 0 saturated carbocycles. The van der Waals surface area contributed by atoms with Crippen LogP contribution < -0.4 is 5.73 Å². The highest BCUT2D eigenvalue weighted by Gasteiger charge is 2.33. The smallest absolute Gasteiger partial charge is 0.253 e. The average molecular weight is 287 g/mol. The molecule has 0 amide bonds. The number of alkyl halides is 3. The molecule has 0 aromatic heterocycles. The fourth-order valence-electron chi connectivity index (χ4n) is 1.09. The lowest BCUT2D eigenvalue weighted by Gasteiger charge is -2.13. The van der Waals surface area contributed by atoms with Gasteiger partial charge in [0, 0.05) is 16.3 Å². The predicted octanol–water partition coefficient (Wildman–Crippen LogP) is 3.78. The molecule has 0 aliphatic carbocycles. The molecule has 0 spiro atoms. The molecule has 2 nitrogen and oxygen atoms in total.